The van der Waals surface area contributed by atoms with Crippen molar-refractivity contribution in [3.8, 4) is 11.4 Å². The van der Waals surface area contributed by atoms with Crippen LogP contribution in [-0.2, 0) is 6.42 Å². The normalized spacial score (nSPS) is 16.0. The number of piperidine rings is 1. The minimum absolute atomic E-state index is 0. The van der Waals surface area contributed by atoms with E-state index in [1.165, 1.54) is 63.4 Å². The highest BCUT2D eigenvalue weighted by Gasteiger charge is 2.26. The molecule has 1 aliphatic heterocycles. The van der Waals surface area contributed by atoms with Gasteiger partial charge in [-0.3, -0.25) is 5.41 Å². The second-order valence-electron chi connectivity index (χ2n) is 8.90. The number of aromatic nitrogens is 2. The first-order valence-corrected chi connectivity index (χ1v) is 12.2. The molecule has 0 radical (unpaired) electrons. The molecule has 0 spiro atoms. The Morgan fingerprint density at radius 1 is 1.06 bits per heavy atom. The van der Waals surface area contributed by atoms with E-state index in [0.717, 1.165) is 31.4 Å². The van der Waals surface area contributed by atoms with Crippen LogP contribution in [0.15, 0.2) is 28.8 Å². The molecule has 32 heavy (non-hydrogen) atoms. The lowest BCUT2D eigenvalue weighted by molar-refractivity contribution is 0.257. The van der Waals surface area contributed by atoms with Gasteiger partial charge in [0.25, 0.3) is 0 Å². The number of unbranched alkanes of at least 4 members (excludes halogenated alkanes) is 8. The summed E-state index contributed by atoms with van der Waals surface area (Å²) >= 11 is 0. The van der Waals surface area contributed by atoms with Crippen molar-refractivity contribution in [1.82, 2.24) is 15.0 Å². The summed E-state index contributed by atoms with van der Waals surface area (Å²) in [5.41, 5.74) is 8.01. The highest BCUT2D eigenvalue weighted by Crippen LogP contribution is 2.27. The van der Waals surface area contributed by atoms with Crippen molar-refractivity contribution in [2.75, 3.05) is 13.1 Å². The van der Waals surface area contributed by atoms with Crippen LogP contribution in [0.25, 0.3) is 11.4 Å². The number of benzene rings is 1. The molecule has 1 aromatic carbocycles. The standard InChI is InChI=1S/C25H39N5O.ClH/c1-2-3-4-5-6-7-8-9-10-12-20-14-16-21(17-15-20)23-28-24(31-29-23)22-13-11-18-30(19-22)25(26)27;/h14-17,22H,2-13,18-19H2,1H3,(H3,26,27);1H/t22-;/m1./s1. The van der Waals surface area contributed by atoms with Crippen molar-refractivity contribution in [1.29, 1.82) is 5.41 Å². The molecule has 0 amide bonds. The minimum atomic E-state index is 0. The van der Waals surface area contributed by atoms with Crippen LogP contribution in [0.1, 0.15) is 94.9 Å². The molecule has 2 aromatic rings. The zero-order valence-corrected chi connectivity index (χ0v) is 20.3. The summed E-state index contributed by atoms with van der Waals surface area (Å²) < 4.78 is 5.55. The maximum Gasteiger partial charge on any atom is 0.231 e. The van der Waals surface area contributed by atoms with E-state index in [4.69, 9.17) is 15.7 Å². The molecule has 1 fully saturated rings. The summed E-state index contributed by atoms with van der Waals surface area (Å²) in [6.45, 7) is 3.77. The maximum absolute atomic E-state index is 7.65. The van der Waals surface area contributed by atoms with E-state index in [2.05, 4.69) is 41.3 Å². The van der Waals surface area contributed by atoms with Crippen LogP contribution in [0.5, 0.6) is 0 Å². The molecule has 0 bridgehead atoms. The van der Waals surface area contributed by atoms with E-state index in [0.29, 0.717) is 18.3 Å². The van der Waals surface area contributed by atoms with Gasteiger partial charge in [0.15, 0.2) is 5.96 Å². The van der Waals surface area contributed by atoms with Gasteiger partial charge < -0.3 is 15.2 Å². The summed E-state index contributed by atoms with van der Waals surface area (Å²) in [4.78, 5) is 6.51. The van der Waals surface area contributed by atoms with E-state index >= 15 is 0 Å². The fourth-order valence-electron chi connectivity index (χ4n) is 4.38. The first-order valence-electron chi connectivity index (χ1n) is 12.2. The van der Waals surface area contributed by atoms with Gasteiger partial charge in [0.1, 0.15) is 0 Å². The Morgan fingerprint density at radius 2 is 1.72 bits per heavy atom. The third-order valence-corrected chi connectivity index (χ3v) is 6.33. The summed E-state index contributed by atoms with van der Waals surface area (Å²) in [6, 6.07) is 8.57. The van der Waals surface area contributed by atoms with Crippen molar-refractivity contribution in [3.63, 3.8) is 0 Å². The Kier molecular flexibility index (Phi) is 11.6. The third-order valence-electron chi connectivity index (χ3n) is 6.33. The molecular weight excluding hydrogens is 422 g/mol. The number of likely N-dealkylation sites (tertiary alicyclic amines) is 1. The molecule has 7 heteroatoms. The molecule has 0 aliphatic carbocycles. The lowest BCUT2D eigenvalue weighted by Crippen LogP contribution is -2.42. The Morgan fingerprint density at radius 3 is 2.38 bits per heavy atom. The molecule has 178 valence electrons. The fraction of sp³-hybridized carbons (Fsp3) is 0.640. The smallest absolute Gasteiger partial charge is 0.231 e. The summed E-state index contributed by atoms with van der Waals surface area (Å²) in [5, 5.41) is 11.8. The number of hydrogen-bond acceptors (Lipinski definition) is 4. The minimum Gasteiger partial charge on any atom is -0.370 e. The lowest BCUT2D eigenvalue weighted by Gasteiger charge is -2.30. The van der Waals surface area contributed by atoms with Gasteiger partial charge in [0, 0.05) is 18.7 Å². The zero-order chi connectivity index (χ0) is 21.9. The Labute approximate surface area is 199 Å². The monoisotopic (exact) mass is 461 g/mol. The molecule has 3 N–H and O–H groups in total. The quantitative estimate of drug-likeness (QED) is 0.219. The molecule has 0 saturated carbocycles. The van der Waals surface area contributed by atoms with Gasteiger partial charge in [-0.2, -0.15) is 4.98 Å². The van der Waals surface area contributed by atoms with Gasteiger partial charge in [0.05, 0.1) is 5.92 Å². The van der Waals surface area contributed by atoms with Crippen molar-refractivity contribution in [2.45, 2.75) is 89.9 Å². The average Bonchev–Trinajstić information content (AvgIpc) is 3.29. The molecule has 1 aliphatic rings. The van der Waals surface area contributed by atoms with Crippen LogP contribution in [-0.4, -0.2) is 34.1 Å². The molecule has 2 heterocycles. The number of nitrogens with two attached hydrogens (primary N) is 1. The van der Waals surface area contributed by atoms with Crippen molar-refractivity contribution < 1.29 is 4.52 Å². The van der Waals surface area contributed by atoms with Crippen molar-refractivity contribution in [3.05, 3.63) is 35.7 Å². The highest BCUT2D eigenvalue weighted by molar-refractivity contribution is 5.85. The van der Waals surface area contributed by atoms with Crippen molar-refractivity contribution >= 4 is 18.4 Å². The largest absolute Gasteiger partial charge is 0.370 e. The molecule has 6 nitrogen and oxygen atoms in total. The van der Waals surface area contributed by atoms with Gasteiger partial charge in [-0.1, -0.05) is 87.7 Å². The van der Waals surface area contributed by atoms with E-state index in [1.807, 2.05) is 4.90 Å². The second kappa shape index (κ2) is 14.1. The number of aryl methyl sites for hydroxylation is 1. The van der Waals surface area contributed by atoms with Crippen LogP contribution < -0.4 is 5.73 Å². The lowest BCUT2D eigenvalue weighted by atomic mass is 9.98. The van der Waals surface area contributed by atoms with Crippen LogP contribution >= 0.6 is 12.4 Å². The fourth-order valence-corrected chi connectivity index (χ4v) is 4.38. The van der Waals surface area contributed by atoms with E-state index in [9.17, 15) is 0 Å². The second-order valence-corrected chi connectivity index (χ2v) is 8.90. The summed E-state index contributed by atoms with van der Waals surface area (Å²) in [5.74, 6) is 1.56. The number of guanidine groups is 1. The zero-order valence-electron chi connectivity index (χ0n) is 19.5. The Balaban J connectivity index is 0.00000363. The van der Waals surface area contributed by atoms with Crippen molar-refractivity contribution in [2.24, 2.45) is 5.73 Å². The number of nitrogens with zero attached hydrogens (tertiary/aromatic N) is 3. The van der Waals surface area contributed by atoms with Gasteiger partial charge in [-0.15, -0.1) is 12.4 Å². The van der Waals surface area contributed by atoms with E-state index in [1.54, 1.807) is 0 Å². The highest BCUT2D eigenvalue weighted by atomic mass is 35.5. The first kappa shape index (κ1) is 26.2. The molecule has 1 aromatic heterocycles. The van der Waals surface area contributed by atoms with Crippen LogP contribution in [0, 0.1) is 5.41 Å². The van der Waals surface area contributed by atoms with Gasteiger partial charge in [-0.05, 0) is 31.2 Å². The Hall–Kier alpha value is -2.08. The number of nitrogens with one attached hydrogen (secondary N) is 1. The van der Waals surface area contributed by atoms with Crippen LogP contribution in [0.4, 0.5) is 0 Å². The maximum atomic E-state index is 7.65. The number of hydrogen-bond donors (Lipinski definition) is 2. The van der Waals surface area contributed by atoms with Crippen LogP contribution in [0.3, 0.4) is 0 Å². The molecular formula is C25H40ClN5O. The number of halogens is 1. The number of rotatable bonds is 12. The first-order chi connectivity index (χ1) is 15.2. The molecule has 0 unspecified atom stereocenters. The summed E-state index contributed by atoms with van der Waals surface area (Å²) in [6.07, 6.45) is 15.4. The average molecular weight is 462 g/mol. The van der Waals surface area contributed by atoms with Gasteiger partial charge in [-0.25, -0.2) is 0 Å². The Bertz CT molecular complexity index is 792. The predicted molar refractivity (Wildman–Crippen MR) is 133 cm³/mol. The third kappa shape index (κ3) is 8.12. The van der Waals surface area contributed by atoms with E-state index in [-0.39, 0.29) is 24.3 Å². The molecule has 3 rings (SSSR count). The predicted octanol–water partition coefficient (Wildman–Crippen LogP) is 6.30. The molecule has 1 saturated heterocycles. The van der Waals surface area contributed by atoms with Gasteiger partial charge in [0.2, 0.25) is 11.7 Å². The molecule has 1 atom stereocenters. The van der Waals surface area contributed by atoms with Gasteiger partial charge >= 0.3 is 0 Å². The van der Waals surface area contributed by atoms with E-state index < -0.39 is 0 Å². The van der Waals surface area contributed by atoms with Crippen LogP contribution in [0.2, 0.25) is 0 Å². The topological polar surface area (TPSA) is 92.0 Å². The SMILES string of the molecule is CCCCCCCCCCCc1ccc(-c2noc([C@@H]3CCCN(C(=N)N)C3)n2)cc1.Cl. The summed E-state index contributed by atoms with van der Waals surface area (Å²) in [7, 11) is 0.